The fourth-order valence-corrected chi connectivity index (χ4v) is 2.72. The smallest absolute Gasteiger partial charge is 0.350 e. The molecule has 0 radical (unpaired) electrons. The van der Waals surface area contributed by atoms with Crippen molar-refractivity contribution >= 4 is 34.6 Å². The van der Waals surface area contributed by atoms with Gasteiger partial charge in [-0.15, -0.1) is 0 Å². The molecule has 0 N–H and O–H groups in total. The van der Waals surface area contributed by atoms with Gasteiger partial charge in [0, 0.05) is 10.6 Å². The van der Waals surface area contributed by atoms with Crippen LogP contribution in [0.1, 0.15) is 19.4 Å². The van der Waals surface area contributed by atoms with Gasteiger partial charge in [-0.1, -0.05) is 17.7 Å². The molecule has 24 heavy (non-hydrogen) atoms. The summed E-state index contributed by atoms with van der Waals surface area (Å²) in [6.45, 7) is 3.36. The van der Waals surface area contributed by atoms with Crippen molar-refractivity contribution in [3.05, 3.63) is 62.5 Å². The Hall–Kier alpha value is -2.84. The van der Waals surface area contributed by atoms with Crippen molar-refractivity contribution in [2.24, 2.45) is 0 Å². The molecule has 0 bridgehead atoms. The molecular weight excluding hydrogens is 330 g/mol. The van der Waals surface area contributed by atoms with Gasteiger partial charge in [0.1, 0.15) is 29.1 Å². The topological polar surface area (TPSA) is 80.3 Å². The molecule has 0 amide bonds. The van der Waals surface area contributed by atoms with Crippen molar-refractivity contribution in [2.75, 3.05) is 0 Å². The summed E-state index contributed by atoms with van der Waals surface area (Å²) in [5.41, 5.74) is -0.121. The fourth-order valence-electron chi connectivity index (χ4n) is 2.55. The lowest BCUT2D eigenvalue weighted by molar-refractivity contribution is -0.144. The van der Waals surface area contributed by atoms with E-state index in [-0.39, 0.29) is 16.6 Å². The number of rotatable bonds is 2. The molecule has 1 aliphatic rings. The van der Waals surface area contributed by atoms with Crippen LogP contribution in [0.3, 0.4) is 0 Å². The molecule has 0 saturated carbocycles. The van der Waals surface area contributed by atoms with Crippen molar-refractivity contribution < 1.29 is 13.9 Å². The van der Waals surface area contributed by atoms with E-state index in [4.69, 9.17) is 26.0 Å². The van der Waals surface area contributed by atoms with Crippen LogP contribution >= 0.6 is 11.6 Å². The first-order valence-corrected chi connectivity index (χ1v) is 7.48. The molecule has 120 valence electrons. The minimum absolute atomic E-state index is 0.0653. The molecule has 5 nitrogen and oxygen atoms in total. The fraction of sp³-hybridized carbons (Fsp3) is 0.167. The maximum atomic E-state index is 12.5. The second kappa shape index (κ2) is 5.66. The minimum atomic E-state index is -0.932. The van der Waals surface area contributed by atoms with Crippen molar-refractivity contribution in [3.8, 4) is 6.07 Å². The van der Waals surface area contributed by atoms with Gasteiger partial charge < -0.3 is 9.15 Å². The average Bonchev–Trinajstić information content (AvgIpc) is 2.75. The van der Waals surface area contributed by atoms with E-state index in [1.807, 2.05) is 6.07 Å². The molecule has 3 rings (SSSR count). The number of hydrogen-bond donors (Lipinski definition) is 0. The summed E-state index contributed by atoms with van der Waals surface area (Å²) in [7, 11) is 0. The summed E-state index contributed by atoms with van der Waals surface area (Å²) >= 11 is 5.92. The third-order valence-corrected chi connectivity index (χ3v) is 4.01. The molecule has 0 atom stereocenters. The normalized spacial score (nSPS) is 16.7. The lowest BCUT2D eigenvalue weighted by Gasteiger charge is -2.18. The van der Waals surface area contributed by atoms with Gasteiger partial charge in [-0.2, -0.15) is 5.26 Å². The maximum absolute atomic E-state index is 12.5. The summed E-state index contributed by atoms with van der Waals surface area (Å²) < 4.78 is 10.6. The molecule has 0 fully saturated rings. The zero-order valence-corrected chi connectivity index (χ0v) is 13.7. The number of ether oxygens (including phenoxy) is 1. The zero-order valence-electron chi connectivity index (χ0n) is 12.9. The molecule has 1 aromatic carbocycles. The third kappa shape index (κ3) is 2.61. The molecular formula is C18H12ClNO4. The van der Waals surface area contributed by atoms with Crippen LogP contribution in [0, 0.1) is 11.3 Å². The molecule has 1 aliphatic heterocycles. The van der Waals surface area contributed by atoms with Gasteiger partial charge in [-0.25, -0.2) is 4.79 Å². The molecule has 0 unspecified atom stereocenters. The van der Waals surface area contributed by atoms with Crippen LogP contribution in [0.5, 0.6) is 0 Å². The van der Waals surface area contributed by atoms with Gasteiger partial charge in [0.05, 0.1) is 10.9 Å². The van der Waals surface area contributed by atoms with Crippen molar-refractivity contribution in [2.45, 2.75) is 19.4 Å². The zero-order chi connectivity index (χ0) is 17.5. The van der Waals surface area contributed by atoms with Crippen LogP contribution in [0.25, 0.3) is 17.0 Å². The van der Waals surface area contributed by atoms with Crippen LogP contribution in [-0.4, -0.2) is 11.6 Å². The van der Waals surface area contributed by atoms with Crippen LogP contribution in [0.2, 0.25) is 5.02 Å². The van der Waals surface area contributed by atoms with E-state index in [0.29, 0.717) is 21.6 Å². The predicted molar refractivity (Wildman–Crippen MR) is 89.3 cm³/mol. The number of benzene rings is 1. The number of halogens is 1. The third-order valence-electron chi connectivity index (χ3n) is 3.77. The first-order chi connectivity index (χ1) is 11.3. The van der Waals surface area contributed by atoms with Crippen LogP contribution in [0.4, 0.5) is 0 Å². The second-order valence-electron chi connectivity index (χ2n) is 5.79. The van der Waals surface area contributed by atoms with E-state index in [0.717, 1.165) is 0 Å². The summed E-state index contributed by atoms with van der Waals surface area (Å²) in [4.78, 5) is 24.2. The van der Waals surface area contributed by atoms with Crippen molar-refractivity contribution in [3.63, 3.8) is 0 Å². The maximum Gasteiger partial charge on any atom is 0.350 e. The summed E-state index contributed by atoms with van der Waals surface area (Å²) in [5.74, 6) is -0.667. The first kappa shape index (κ1) is 16.0. The van der Waals surface area contributed by atoms with Gasteiger partial charge in [0.15, 0.2) is 5.43 Å². The molecule has 0 spiro atoms. The standard InChI is InChI=1S/C18H12ClNO4/c1-18(2)14(13(8-20)17(22)24-18)5-3-10-9-23-15-6-4-11(19)7-12(15)16(10)21/h3-7,9H,1-2H3/b5-3+. The number of hydrogen-bond acceptors (Lipinski definition) is 5. The molecule has 2 heterocycles. The number of fused-ring (bicyclic) bond motifs is 1. The Kier molecular flexibility index (Phi) is 3.78. The van der Waals surface area contributed by atoms with E-state index < -0.39 is 11.6 Å². The van der Waals surface area contributed by atoms with Gasteiger partial charge in [-0.05, 0) is 38.1 Å². The molecule has 0 aliphatic carbocycles. The highest BCUT2D eigenvalue weighted by Crippen LogP contribution is 2.33. The van der Waals surface area contributed by atoms with E-state index in [1.165, 1.54) is 24.5 Å². The van der Waals surface area contributed by atoms with E-state index >= 15 is 0 Å². The summed E-state index contributed by atoms with van der Waals surface area (Å²) in [5, 5.41) is 9.92. The Morgan fingerprint density at radius 1 is 1.25 bits per heavy atom. The van der Waals surface area contributed by atoms with E-state index in [9.17, 15) is 9.59 Å². The monoisotopic (exact) mass is 341 g/mol. The average molecular weight is 342 g/mol. The van der Waals surface area contributed by atoms with Crippen LogP contribution in [-0.2, 0) is 9.53 Å². The highest BCUT2D eigenvalue weighted by Gasteiger charge is 2.39. The number of esters is 1. The minimum Gasteiger partial charge on any atom is -0.463 e. The second-order valence-corrected chi connectivity index (χ2v) is 6.23. The van der Waals surface area contributed by atoms with Crippen LogP contribution in [0.15, 0.2) is 50.9 Å². The largest absolute Gasteiger partial charge is 0.463 e. The van der Waals surface area contributed by atoms with Gasteiger partial charge in [-0.3, -0.25) is 4.79 Å². The Morgan fingerprint density at radius 3 is 2.71 bits per heavy atom. The van der Waals surface area contributed by atoms with Crippen molar-refractivity contribution in [1.82, 2.24) is 0 Å². The Bertz CT molecular complexity index is 1020. The Balaban J connectivity index is 2.10. The van der Waals surface area contributed by atoms with Gasteiger partial charge >= 0.3 is 5.97 Å². The molecule has 2 aromatic rings. The number of nitriles is 1. The number of carbonyl (C=O) groups is 1. The number of cyclic esters (lactones) is 1. The highest BCUT2D eigenvalue weighted by atomic mass is 35.5. The summed E-state index contributed by atoms with van der Waals surface area (Å²) in [6, 6.07) is 6.63. The van der Waals surface area contributed by atoms with Crippen LogP contribution < -0.4 is 5.43 Å². The predicted octanol–water partition coefficient (Wildman–Crippen LogP) is 3.62. The molecule has 1 aromatic heterocycles. The number of carbonyl (C=O) groups excluding carboxylic acids is 1. The van der Waals surface area contributed by atoms with Crippen molar-refractivity contribution in [1.29, 1.82) is 5.26 Å². The van der Waals surface area contributed by atoms with E-state index in [2.05, 4.69) is 0 Å². The quantitative estimate of drug-likeness (QED) is 0.779. The first-order valence-electron chi connectivity index (χ1n) is 7.11. The Morgan fingerprint density at radius 2 is 2.00 bits per heavy atom. The van der Waals surface area contributed by atoms with E-state index in [1.54, 1.807) is 26.0 Å². The molecule has 6 heteroatoms. The lowest BCUT2D eigenvalue weighted by Crippen LogP contribution is -2.22. The SMILES string of the molecule is CC1(C)OC(=O)C(C#N)=C1/C=C/c1coc2ccc(Cl)cc2c1=O. The Labute approximate surface area is 142 Å². The summed E-state index contributed by atoms with van der Waals surface area (Å²) in [6.07, 6.45) is 4.36. The lowest BCUT2D eigenvalue weighted by atomic mass is 9.95. The number of nitrogens with zero attached hydrogens (tertiary/aromatic N) is 1. The molecule has 0 saturated heterocycles. The highest BCUT2D eigenvalue weighted by molar-refractivity contribution is 6.31. The van der Waals surface area contributed by atoms with Gasteiger partial charge in [0.25, 0.3) is 0 Å². The van der Waals surface area contributed by atoms with Gasteiger partial charge in [0.2, 0.25) is 0 Å².